The topological polar surface area (TPSA) is 67.4 Å². The van der Waals surface area contributed by atoms with Gasteiger partial charge in [-0.1, -0.05) is 0 Å². The Morgan fingerprint density at radius 2 is 2.30 bits per heavy atom. The summed E-state index contributed by atoms with van der Waals surface area (Å²) in [5, 5.41) is 10.6. The first-order valence-electron chi connectivity index (χ1n) is 6.22. The quantitative estimate of drug-likeness (QED) is 0.463. The number of aryl methyl sites for hydroxylation is 1. The third-order valence-electron chi connectivity index (χ3n) is 2.70. The minimum absolute atomic E-state index is 0. The predicted molar refractivity (Wildman–Crippen MR) is 89.2 cm³/mol. The van der Waals surface area contributed by atoms with Gasteiger partial charge in [-0.15, -0.1) is 24.0 Å². The second kappa shape index (κ2) is 8.62. The van der Waals surface area contributed by atoms with E-state index in [1.165, 1.54) is 5.56 Å². The molecule has 0 saturated carbocycles. The number of guanidine groups is 1. The maximum absolute atomic E-state index is 5.25. The molecule has 110 valence electrons. The number of halogens is 1. The molecule has 0 aliphatic rings. The summed E-state index contributed by atoms with van der Waals surface area (Å²) in [6.45, 7) is 1.43. The van der Waals surface area contributed by atoms with E-state index >= 15 is 0 Å². The summed E-state index contributed by atoms with van der Waals surface area (Å²) in [7, 11) is 3.67. The van der Waals surface area contributed by atoms with E-state index in [1.807, 2.05) is 31.6 Å². The van der Waals surface area contributed by atoms with Crippen LogP contribution < -0.4 is 10.6 Å². The van der Waals surface area contributed by atoms with Gasteiger partial charge in [0, 0.05) is 26.8 Å². The third kappa shape index (κ3) is 5.24. The molecule has 2 heterocycles. The molecule has 2 rings (SSSR count). The van der Waals surface area contributed by atoms with Crippen LogP contribution in [0.1, 0.15) is 11.3 Å². The van der Waals surface area contributed by atoms with Gasteiger partial charge in [-0.05, 0) is 24.1 Å². The summed E-state index contributed by atoms with van der Waals surface area (Å²) in [4.78, 5) is 4.16. The molecule has 6 nitrogen and oxygen atoms in total. The summed E-state index contributed by atoms with van der Waals surface area (Å²) in [5.41, 5.74) is 1.21. The molecule has 0 aromatic carbocycles. The molecular formula is C13H20IN5O. The zero-order valence-electron chi connectivity index (χ0n) is 11.7. The Morgan fingerprint density at radius 3 is 2.90 bits per heavy atom. The number of nitrogens with zero attached hydrogens (tertiary/aromatic N) is 3. The third-order valence-corrected chi connectivity index (χ3v) is 2.70. The number of furan rings is 1. The molecule has 0 amide bonds. The van der Waals surface area contributed by atoms with Crippen LogP contribution in [0.25, 0.3) is 0 Å². The van der Waals surface area contributed by atoms with Crippen molar-refractivity contribution in [2.24, 2.45) is 12.0 Å². The lowest BCUT2D eigenvalue weighted by molar-refractivity contribution is 0.501. The second-order valence-electron chi connectivity index (χ2n) is 4.20. The number of hydrogen-bond acceptors (Lipinski definition) is 3. The Kier molecular flexibility index (Phi) is 7.13. The van der Waals surface area contributed by atoms with E-state index in [-0.39, 0.29) is 24.0 Å². The van der Waals surface area contributed by atoms with Crippen LogP contribution in [0.4, 0.5) is 0 Å². The van der Waals surface area contributed by atoms with Gasteiger partial charge < -0.3 is 15.1 Å². The summed E-state index contributed by atoms with van der Waals surface area (Å²) >= 11 is 0. The van der Waals surface area contributed by atoms with E-state index in [0.717, 1.165) is 24.7 Å². The summed E-state index contributed by atoms with van der Waals surface area (Å²) in [6.07, 6.45) is 6.46. The number of aliphatic imine (C=N–C) groups is 1. The lowest BCUT2D eigenvalue weighted by Crippen LogP contribution is -2.37. The Labute approximate surface area is 135 Å². The maximum Gasteiger partial charge on any atom is 0.191 e. The first-order chi connectivity index (χ1) is 9.28. The Balaban J connectivity index is 0.00000200. The van der Waals surface area contributed by atoms with E-state index in [0.29, 0.717) is 6.54 Å². The molecule has 0 aliphatic heterocycles. The Morgan fingerprint density at radius 1 is 1.45 bits per heavy atom. The molecule has 0 radical (unpaired) electrons. The Hall–Kier alpha value is -1.51. The highest BCUT2D eigenvalue weighted by atomic mass is 127. The molecule has 0 unspecified atom stereocenters. The highest BCUT2D eigenvalue weighted by molar-refractivity contribution is 14.0. The lowest BCUT2D eigenvalue weighted by atomic mass is 10.2. The van der Waals surface area contributed by atoms with Gasteiger partial charge in [0.05, 0.1) is 19.0 Å². The first-order valence-corrected chi connectivity index (χ1v) is 6.22. The van der Waals surface area contributed by atoms with Crippen molar-refractivity contribution in [2.45, 2.75) is 13.0 Å². The number of rotatable bonds is 5. The highest BCUT2D eigenvalue weighted by Gasteiger charge is 2.00. The van der Waals surface area contributed by atoms with Crippen LogP contribution in [-0.4, -0.2) is 29.3 Å². The van der Waals surface area contributed by atoms with Gasteiger partial charge in [-0.25, -0.2) is 0 Å². The van der Waals surface area contributed by atoms with E-state index in [9.17, 15) is 0 Å². The van der Waals surface area contributed by atoms with Gasteiger partial charge in [-0.2, -0.15) is 5.10 Å². The van der Waals surface area contributed by atoms with Crippen molar-refractivity contribution >= 4 is 29.9 Å². The molecule has 2 N–H and O–H groups in total. The predicted octanol–water partition coefficient (Wildman–Crippen LogP) is 1.54. The molecule has 0 spiro atoms. The molecule has 0 saturated heterocycles. The maximum atomic E-state index is 5.25. The fourth-order valence-electron chi connectivity index (χ4n) is 1.73. The molecule has 0 aliphatic carbocycles. The van der Waals surface area contributed by atoms with Gasteiger partial charge in [0.25, 0.3) is 0 Å². The van der Waals surface area contributed by atoms with Crippen molar-refractivity contribution in [1.29, 1.82) is 0 Å². The minimum atomic E-state index is 0. The van der Waals surface area contributed by atoms with Gasteiger partial charge in [0.1, 0.15) is 5.76 Å². The molecular weight excluding hydrogens is 369 g/mol. The fourth-order valence-corrected chi connectivity index (χ4v) is 1.73. The normalized spacial score (nSPS) is 11.0. The number of hydrogen-bond donors (Lipinski definition) is 2. The van der Waals surface area contributed by atoms with Gasteiger partial charge in [0.2, 0.25) is 0 Å². The average Bonchev–Trinajstić information content (AvgIpc) is 3.05. The minimum Gasteiger partial charge on any atom is -0.467 e. The summed E-state index contributed by atoms with van der Waals surface area (Å²) in [5.74, 6) is 1.65. The van der Waals surface area contributed by atoms with Crippen LogP contribution >= 0.6 is 24.0 Å². The standard InChI is InChI=1S/C13H19N5O.HI/c1-14-13(16-9-12-4-3-7-19-12)15-6-5-11-8-17-18(2)10-11;/h3-4,7-8,10H,5-6,9H2,1-2H3,(H2,14,15,16);1H. The van der Waals surface area contributed by atoms with E-state index in [2.05, 4.69) is 20.7 Å². The van der Waals surface area contributed by atoms with Crippen molar-refractivity contribution in [2.75, 3.05) is 13.6 Å². The van der Waals surface area contributed by atoms with Gasteiger partial charge in [0.15, 0.2) is 5.96 Å². The molecule has 0 bridgehead atoms. The average molecular weight is 389 g/mol. The zero-order valence-corrected chi connectivity index (χ0v) is 14.0. The molecule has 2 aromatic heterocycles. The van der Waals surface area contributed by atoms with E-state index < -0.39 is 0 Å². The molecule has 0 atom stereocenters. The zero-order chi connectivity index (χ0) is 13.5. The SMILES string of the molecule is CN=C(NCCc1cnn(C)c1)NCc1ccco1.I. The van der Waals surface area contributed by atoms with Crippen molar-refractivity contribution in [3.05, 3.63) is 42.1 Å². The van der Waals surface area contributed by atoms with E-state index in [4.69, 9.17) is 4.42 Å². The first kappa shape index (κ1) is 16.5. The van der Waals surface area contributed by atoms with Crippen molar-refractivity contribution in [3.63, 3.8) is 0 Å². The highest BCUT2D eigenvalue weighted by Crippen LogP contribution is 1.98. The monoisotopic (exact) mass is 389 g/mol. The van der Waals surface area contributed by atoms with Gasteiger partial charge >= 0.3 is 0 Å². The van der Waals surface area contributed by atoms with Crippen LogP contribution in [0.15, 0.2) is 40.2 Å². The van der Waals surface area contributed by atoms with Crippen LogP contribution in [0.5, 0.6) is 0 Å². The smallest absolute Gasteiger partial charge is 0.191 e. The molecule has 20 heavy (non-hydrogen) atoms. The van der Waals surface area contributed by atoms with E-state index in [1.54, 1.807) is 18.0 Å². The summed E-state index contributed by atoms with van der Waals surface area (Å²) in [6, 6.07) is 3.80. The molecule has 0 fully saturated rings. The molecule has 2 aromatic rings. The largest absolute Gasteiger partial charge is 0.467 e. The van der Waals surface area contributed by atoms with Crippen molar-refractivity contribution < 1.29 is 4.42 Å². The van der Waals surface area contributed by atoms with Crippen LogP contribution in [0.3, 0.4) is 0 Å². The lowest BCUT2D eigenvalue weighted by Gasteiger charge is -2.10. The van der Waals surface area contributed by atoms with Crippen molar-refractivity contribution in [1.82, 2.24) is 20.4 Å². The summed E-state index contributed by atoms with van der Waals surface area (Å²) < 4.78 is 7.05. The Bertz CT molecular complexity index is 521. The number of aromatic nitrogens is 2. The number of nitrogens with one attached hydrogen (secondary N) is 2. The molecule has 7 heteroatoms. The van der Waals surface area contributed by atoms with Crippen LogP contribution in [0.2, 0.25) is 0 Å². The second-order valence-corrected chi connectivity index (χ2v) is 4.20. The fraction of sp³-hybridized carbons (Fsp3) is 0.385. The van der Waals surface area contributed by atoms with Crippen molar-refractivity contribution in [3.8, 4) is 0 Å². The van der Waals surface area contributed by atoms with Gasteiger partial charge in [-0.3, -0.25) is 9.67 Å². The van der Waals surface area contributed by atoms with Crippen LogP contribution in [0, 0.1) is 0 Å². The van der Waals surface area contributed by atoms with Crippen LogP contribution in [-0.2, 0) is 20.0 Å².